The lowest BCUT2D eigenvalue weighted by atomic mass is 9.96. The molecule has 0 spiro atoms. The van der Waals surface area contributed by atoms with Gasteiger partial charge in [0.15, 0.2) is 11.2 Å². The maximum atomic E-state index is 10.3. The smallest absolute Gasteiger partial charge is 0.336 e. The monoisotopic (exact) mass is 516 g/mol. The Hall–Kier alpha value is -3.34. The lowest BCUT2D eigenvalue weighted by Gasteiger charge is -2.18. The molecule has 0 aromatic carbocycles. The van der Waals surface area contributed by atoms with Crippen LogP contribution in [0.5, 0.6) is 0 Å². The fourth-order valence-corrected chi connectivity index (χ4v) is 2.16. The van der Waals surface area contributed by atoms with Crippen LogP contribution >= 0.6 is 0 Å². The molecule has 16 nitrogen and oxygen atoms in total. The van der Waals surface area contributed by atoms with Gasteiger partial charge in [-0.3, -0.25) is 19.2 Å². The van der Waals surface area contributed by atoms with Crippen LogP contribution in [0.2, 0.25) is 0 Å². The lowest BCUT2D eigenvalue weighted by Crippen LogP contribution is -2.42. The molecule has 35 heavy (non-hydrogen) atoms. The third-order valence-electron chi connectivity index (χ3n) is 3.92. The molecule has 0 aliphatic heterocycles. The van der Waals surface area contributed by atoms with Crippen LogP contribution in [-0.4, -0.2) is 111 Å². The number of carboxylic acids is 6. The number of hydrogen-bond acceptors (Lipinski definition) is 10. The van der Waals surface area contributed by atoms with E-state index >= 15 is 0 Å². The van der Waals surface area contributed by atoms with Gasteiger partial charge >= 0.3 is 35.8 Å². The van der Waals surface area contributed by atoms with Gasteiger partial charge in [0.25, 0.3) is 0 Å². The van der Waals surface area contributed by atoms with Crippen molar-refractivity contribution in [1.29, 1.82) is 0 Å². The van der Waals surface area contributed by atoms with Crippen molar-refractivity contribution in [2.75, 3.05) is 6.61 Å². The van der Waals surface area contributed by atoms with E-state index in [4.69, 9.17) is 51.1 Å². The zero-order valence-corrected chi connectivity index (χ0v) is 18.9. The Kier molecular flexibility index (Phi) is 18.7. The van der Waals surface area contributed by atoms with E-state index in [0.717, 1.165) is 19.3 Å². The summed E-state index contributed by atoms with van der Waals surface area (Å²) in [5.74, 6) is -10.0. The molecule has 0 fully saturated rings. The van der Waals surface area contributed by atoms with Gasteiger partial charge < -0.3 is 51.1 Å². The van der Waals surface area contributed by atoms with Crippen molar-refractivity contribution in [2.24, 2.45) is 0 Å². The molecule has 0 saturated carbocycles. The molecule has 0 aliphatic rings. The Labute approximate surface area is 198 Å². The summed E-state index contributed by atoms with van der Waals surface area (Å²) in [6.07, 6.45) is -1.33. The highest BCUT2D eigenvalue weighted by atomic mass is 16.4. The predicted octanol–water partition coefficient (Wildman–Crippen LogP) is -1.58. The highest BCUT2D eigenvalue weighted by molar-refractivity contribution is 5.88. The zero-order valence-electron chi connectivity index (χ0n) is 18.9. The maximum absolute atomic E-state index is 10.3. The van der Waals surface area contributed by atoms with Crippen LogP contribution in [0.25, 0.3) is 0 Å². The predicted molar refractivity (Wildman–Crippen MR) is 111 cm³/mol. The Morgan fingerprint density at radius 3 is 1.09 bits per heavy atom. The topological polar surface area (TPSA) is 305 Å². The van der Waals surface area contributed by atoms with Gasteiger partial charge in [-0.05, 0) is 12.8 Å². The summed E-state index contributed by atoms with van der Waals surface area (Å²) >= 11 is 0. The minimum absolute atomic E-state index is 0.102. The Morgan fingerprint density at radius 2 is 0.914 bits per heavy atom. The average molecular weight is 516 g/mol. The van der Waals surface area contributed by atoms with E-state index in [1.54, 1.807) is 0 Å². The number of unbranched alkanes of at least 4 members (excludes halogenated alkanes) is 1. The first-order chi connectivity index (χ1) is 15.9. The summed E-state index contributed by atoms with van der Waals surface area (Å²) in [5.41, 5.74) is -5.48. The van der Waals surface area contributed by atoms with Crippen LogP contribution in [0, 0.1) is 0 Å². The average Bonchev–Trinajstić information content (AvgIpc) is 2.64. The van der Waals surface area contributed by atoms with E-state index in [1.165, 1.54) is 0 Å². The molecular formula is C19H32O16. The van der Waals surface area contributed by atoms with Crippen molar-refractivity contribution in [3.63, 3.8) is 0 Å². The minimum atomic E-state index is -2.74. The molecule has 0 aliphatic carbocycles. The van der Waals surface area contributed by atoms with Crippen LogP contribution in [0.15, 0.2) is 0 Å². The Balaban J connectivity index is -0.000000448. The van der Waals surface area contributed by atoms with E-state index < -0.39 is 72.7 Å². The van der Waals surface area contributed by atoms with Crippen LogP contribution in [0.1, 0.15) is 58.3 Å². The molecule has 0 aromatic rings. The molecular weight excluding hydrogens is 484 g/mol. The number of carbonyl (C=O) groups is 6. The number of hydrogen-bond donors (Lipinski definition) is 10. The van der Waals surface area contributed by atoms with E-state index in [1.807, 2.05) is 0 Å². The molecule has 0 rings (SSSR count). The summed E-state index contributed by atoms with van der Waals surface area (Å²) in [7, 11) is 0. The van der Waals surface area contributed by atoms with Gasteiger partial charge in [0, 0.05) is 6.61 Å². The number of aliphatic hydroxyl groups is 4. The van der Waals surface area contributed by atoms with Crippen LogP contribution in [-0.2, 0) is 28.8 Å². The molecule has 0 heterocycles. The number of aliphatic carboxylic acids is 6. The first-order valence-corrected chi connectivity index (χ1v) is 9.94. The molecule has 0 amide bonds. The van der Waals surface area contributed by atoms with Gasteiger partial charge in [-0.1, -0.05) is 19.8 Å². The largest absolute Gasteiger partial charge is 0.481 e. The van der Waals surface area contributed by atoms with E-state index in [0.29, 0.717) is 6.42 Å². The summed E-state index contributed by atoms with van der Waals surface area (Å²) in [5, 5.41) is 85.0. The zero-order chi connectivity index (χ0) is 28.4. The minimum Gasteiger partial charge on any atom is -0.481 e. The van der Waals surface area contributed by atoms with Crippen LogP contribution < -0.4 is 0 Å². The Bertz CT molecular complexity index is 632. The molecule has 10 N–H and O–H groups in total. The first kappa shape index (κ1) is 36.2. The third-order valence-corrected chi connectivity index (χ3v) is 3.92. The van der Waals surface area contributed by atoms with Crippen molar-refractivity contribution in [3.8, 4) is 0 Å². The van der Waals surface area contributed by atoms with Gasteiger partial charge in [0.1, 0.15) is 0 Å². The standard InChI is InChI=1S/C7H16O2.2C6H8O7/c1-2-3-4-7(9)5-6-8;2*7-3(8)1-6(13,5(11)12)2-4(9)10/h7-9H,2-6H2,1H3;2*13H,1-2H2,(H,7,8)(H,9,10)(H,11,12). The SMILES string of the molecule is CCCCC(O)CCO.O=C(O)CC(O)(CC(=O)O)C(=O)O.O=C(O)CC(O)(CC(=O)O)C(=O)O. The molecule has 0 saturated heterocycles. The summed E-state index contributed by atoms with van der Waals surface area (Å²) in [6.45, 7) is 2.19. The normalized spacial score (nSPS) is 11.6. The highest BCUT2D eigenvalue weighted by Crippen LogP contribution is 2.16. The summed E-state index contributed by atoms with van der Waals surface area (Å²) in [4.78, 5) is 61.0. The second kappa shape index (κ2) is 18.0. The van der Waals surface area contributed by atoms with Gasteiger partial charge in [-0.15, -0.1) is 0 Å². The van der Waals surface area contributed by atoms with Crippen molar-refractivity contribution in [1.82, 2.24) is 0 Å². The lowest BCUT2D eigenvalue weighted by molar-refractivity contribution is -0.170. The van der Waals surface area contributed by atoms with Crippen LogP contribution in [0.3, 0.4) is 0 Å². The molecule has 16 heteroatoms. The second-order valence-electron chi connectivity index (χ2n) is 7.26. The molecule has 1 atom stereocenters. The fraction of sp³-hybridized carbons (Fsp3) is 0.684. The Morgan fingerprint density at radius 1 is 0.629 bits per heavy atom. The van der Waals surface area contributed by atoms with Gasteiger partial charge in [0.2, 0.25) is 0 Å². The first-order valence-electron chi connectivity index (χ1n) is 9.94. The second-order valence-corrected chi connectivity index (χ2v) is 7.26. The van der Waals surface area contributed by atoms with Crippen molar-refractivity contribution in [2.45, 2.75) is 75.6 Å². The summed E-state index contributed by atoms with van der Waals surface area (Å²) in [6, 6.07) is 0. The van der Waals surface area contributed by atoms with Crippen LogP contribution in [0.4, 0.5) is 0 Å². The third kappa shape index (κ3) is 19.8. The van der Waals surface area contributed by atoms with Gasteiger partial charge in [0.05, 0.1) is 31.8 Å². The van der Waals surface area contributed by atoms with Crippen molar-refractivity contribution < 1.29 is 79.8 Å². The van der Waals surface area contributed by atoms with Gasteiger partial charge in [-0.2, -0.15) is 0 Å². The number of rotatable bonds is 15. The van der Waals surface area contributed by atoms with E-state index in [2.05, 4.69) is 6.92 Å². The molecule has 1 unspecified atom stereocenters. The van der Waals surface area contributed by atoms with Crippen molar-refractivity contribution in [3.05, 3.63) is 0 Å². The van der Waals surface area contributed by atoms with Crippen molar-refractivity contribution >= 4 is 35.8 Å². The number of aliphatic hydroxyl groups excluding tert-OH is 2. The summed E-state index contributed by atoms with van der Waals surface area (Å²) < 4.78 is 0. The molecule has 0 bridgehead atoms. The van der Waals surface area contributed by atoms with Gasteiger partial charge in [-0.25, -0.2) is 9.59 Å². The van der Waals surface area contributed by atoms with E-state index in [-0.39, 0.29) is 12.7 Å². The highest BCUT2D eigenvalue weighted by Gasteiger charge is 2.41. The molecule has 0 radical (unpaired) electrons. The quantitative estimate of drug-likeness (QED) is 0.117. The number of carboxylic acid groups (broad SMARTS) is 6. The molecule has 204 valence electrons. The fourth-order valence-electron chi connectivity index (χ4n) is 2.16. The maximum Gasteiger partial charge on any atom is 0.336 e. The van der Waals surface area contributed by atoms with E-state index in [9.17, 15) is 28.8 Å². The molecule has 0 aromatic heterocycles.